The Morgan fingerprint density at radius 2 is 2.25 bits per heavy atom. The van der Waals surface area contributed by atoms with Crippen LogP contribution in [0.25, 0.3) is 0 Å². The maximum absolute atomic E-state index is 11.2. The minimum absolute atomic E-state index is 0.457. The number of carboxylic acids is 1. The van der Waals surface area contributed by atoms with E-state index in [1.807, 2.05) is 10.8 Å². The molecule has 0 saturated carbocycles. The van der Waals surface area contributed by atoms with Gasteiger partial charge in [0.2, 0.25) is 0 Å². The lowest BCUT2D eigenvalue weighted by Crippen LogP contribution is -2.17. The molecule has 16 heavy (non-hydrogen) atoms. The summed E-state index contributed by atoms with van der Waals surface area (Å²) in [6, 6.07) is 0. The molecule has 0 aliphatic heterocycles. The van der Waals surface area contributed by atoms with Gasteiger partial charge in [-0.15, -0.1) is 0 Å². The predicted molar refractivity (Wildman–Crippen MR) is 62.4 cm³/mol. The van der Waals surface area contributed by atoms with E-state index < -0.39 is 11.9 Å². The summed E-state index contributed by atoms with van der Waals surface area (Å²) in [5.41, 5.74) is 0. The van der Waals surface area contributed by atoms with Gasteiger partial charge >= 0.3 is 5.97 Å². The van der Waals surface area contributed by atoms with Crippen molar-refractivity contribution in [2.45, 2.75) is 52.0 Å². The molecule has 90 valence electrons. The molecule has 0 bridgehead atoms. The number of hydrogen-bond donors (Lipinski definition) is 1. The van der Waals surface area contributed by atoms with Crippen LogP contribution in [0.1, 0.15) is 51.3 Å². The van der Waals surface area contributed by atoms with Crippen LogP contribution in [-0.4, -0.2) is 20.6 Å². The van der Waals surface area contributed by atoms with Crippen LogP contribution in [0.3, 0.4) is 0 Å². The first-order chi connectivity index (χ1) is 7.70. The van der Waals surface area contributed by atoms with E-state index >= 15 is 0 Å². The zero-order valence-corrected chi connectivity index (χ0v) is 10.0. The quantitative estimate of drug-likeness (QED) is 0.774. The Morgan fingerprint density at radius 3 is 2.81 bits per heavy atom. The molecule has 4 nitrogen and oxygen atoms in total. The van der Waals surface area contributed by atoms with Crippen LogP contribution in [0.15, 0.2) is 12.4 Å². The maximum Gasteiger partial charge on any atom is 0.314 e. The topological polar surface area (TPSA) is 55.1 Å². The molecule has 1 aromatic heterocycles. The maximum atomic E-state index is 11.2. The first-order valence-electron chi connectivity index (χ1n) is 5.94. The van der Waals surface area contributed by atoms with Gasteiger partial charge in [0.1, 0.15) is 11.7 Å². The molecular formula is C12H20N2O2. The van der Waals surface area contributed by atoms with Crippen LogP contribution in [0.4, 0.5) is 0 Å². The van der Waals surface area contributed by atoms with Gasteiger partial charge in [0.25, 0.3) is 0 Å². The van der Waals surface area contributed by atoms with Crippen LogP contribution in [-0.2, 0) is 11.3 Å². The van der Waals surface area contributed by atoms with Crippen molar-refractivity contribution >= 4 is 5.97 Å². The van der Waals surface area contributed by atoms with Gasteiger partial charge in [-0.05, 0) is 12.8 Å². The van der Waals surface area contributed by atoms with Crippen molar-refractivity contribution in [1.29, 1.82) is 0 Å². The third-order valence-electron chi connectivity index (χ3n) is 2.67. The Bertz CT molecular complexity index is 334. The highest BCUT2D eigenvalue weighted by atomic mass is 16.4. The molecule has 0 spiro atoms. The number of carbonyl (C=O) groups is 1. The number of imidazole rings is 1. The molecule has 1 heterocycles. The van der Waals surface area contributed by atoms with E-state index in [0.717, 1.165) is 25.8 Å². The number of unbranched alkanes of at least 4 members (excludes halogenated alkanes) is 1. The number of nitrogens with zero attached hydrogens (tertiary/aromatic N) is 2. The molecule has 0 saturated heterocycles. The van der Waals surface area contributed by atoms with Crippen LogP contribution in [0.2, 0.25) is 0 Å². The van der Waals surface area contributed by atoms with Crippen LogP contribution < -0.4 is 0 Å². The van der Waals surface area contributed by atoms with Gasteiger partial charge in [-0.2, -0.15) is 0 Å². The van der Waals surface area contributed by atoms with Crippen LogP contribution in [0.5, 0.6) is 0 Å². The normalized spacial score (nSPS) is 12.6. The second kappa shape index (κ2) is 6.30. The minimum atomic E-state index is -0.767. The lowest BCUT2D eigenvalue weighted by Gasteiger charge is -2.13. The van der Waals surface area contributed by atoms with Gasteiger partial charge in [-0.1, -0.05) is 26.7 Å². The summed E-state index contributed by atoms with van der Waals surface area (Å²) in [7, 11) is 0. The molecule has 4 heteroatoms. The van der Waals surface area contributed by atoms with E-state index in [2.05, 4.69) is 18.8 Å². The Balaban J connectivity index is 2.83. The Kier molecular flexibility index (Phi) is 5.02. The number of rotatable bonds is 7. The van der Waals surface area contributed by atoms with E-state index in [1.165, 1.54) is 0 Å². The van der Waals surface area contributed by atoms with Gasteiger partial charge in [-0.3, -0.25) is 4.79 Å². The van der Waals surface area contributed by atoms with Crippen molar-refractivity contribution in [3.63, 3.8) is 0 Å². The number of aryl methyl sites for hydroxylation is 1. The number of hydrogen-bond acceptors (Lipinski definition) is 2. The highest BCUT2D eigenvalue weighted by Gasteiger charge is 2.23. The van der Waals surface area contributed by atoms with Crippen LogP contribution in [0, 0.1) is 0 Å². The van der Waals surface area contributed by atoms with Gasteiger partial charge < -0.3 is 9.67 Å². The van der Waals surface area contributed by atoms with E-state index in [-0.39, 0.29) is 0 Å². The molecular weight excluding hydrogens is 204 g/mol. The molecule has 1 atom stereocenters. The third kappa shape index (κ3) is 3.08. The SMILES string of the molecule is CCCCC(C(=O)O)c1nccn1CCC. The van der Waals surface area contributed by atoms with E-state index in [0.29, 0.717) is 12.2 Å². The number of carboxylic acid groups (broad SMARTS) is 1. The predicted octanol–water partition coefficient (Wildman–Crippen LogP) is 2.65. The lowest BCUT2D eigenvalue weighted by molar-refractivity contribution is -0.139. The average Bonchev–Trinajstić information content (AvgIpc) is 2.67. The fourth-order valence-electron chi connectivity index (χ4n) is 1.83. The number of aromatic nitrogens is 2. The van der Waals surface area contributed by atoms with Crippen molar-refractivity contribution in [3.05, 3.63) is 18.2 Å². The Morgan fingerprint density at radius 1 is 1.50 bits per heavy atom. The number of aliphatic carboxylic acids is 1. The molecule has 1 N–H and O–H groups in total. The summed E-state index contributed by atoms with van der Waals surface area (Å²) in [6.45, 7) is 4.98. The fourth-order valence-corrected chi connectivity index (χ4v) is 1.83. The monoisotopic (exact) mass is 224 g/mol. The van der Waals surface area contributed by atoms with E-state index in [4.69, 9.17) is 0 Å². The van der Waals surface area contributed by atoms with Crippen LogP contribution >= 0.6 is 0 Å². The van der Waals surface area contributed by atoms with Crippen molar-refractivity contribution in [3.8, 4) is 0 Å². The average molecular weight is 224 g/mol. The summed E-state index contributed by atoms with van der Waals surface area (Å²) in [5.74, 6) is -0.527. The van der Waals surface area contributed by atoms with Gasteiger partial charge in [0, 0.05) is 18.9 Å². The molecule has 1 unspecified atom stereocenters. The molecule has 0 aliphatic rings. The fraction of sp³-hybridized carbons (Fsp3) is 0.667. The second-order valence-electron chi connectivity index (χ2n) is 4.01. The largest absolute Gasteiger partial charge is 0.481 e. The molecule has 0 aromatic carbocycles. The Labute approximate surface area is 96.3 Å². The van der Waals surface area contributed by atoms with Gasteiger partial charge in [0.05, 0.1) is 0 Å². The smallest absolute Gasteiger partial charge is 0.314 e. The summed E-state index contributed by atoms with van der Waals surface area (Å²) in [4.78, 5) is 15.4. The van der Waals surface area contributed by atoms with Crippen molar-refractivity contribution < 1.29 is 9.90 Å². The molecule has 0 fully saturated rings. The molecule has 1 rings (SSSR count). The van der Waals surface area contributed by atoms with Crippen molar-refractivity contribution in [2.75, 3.05) is 0 Å². The zero-order chi connectivity index (χ0) is 12.0. The van der Waals surface area contributed by atoms with Crippen molar-refractivity contribution in [1.82, 2.24) is 9.55 Å². The Hall–Kier alpha value is -1.32. The summed E-state index contributed by atoms with van der Waals surface area (Å²) in [5, 5.41) is 9.21. The minimum Gasteiger partial charge on any atom is -0.481 e. The summed E-state index contributed by atoms with van der Waals surface area (Å²) >= 11 is 0. The molecule has 1 aromatic rings. The molecule has 0 aliphatic carbocycles. The molecule has 0 radical (unpaired) electrons. The lowest BCUT2D eigenvalue weighted by atomic mass is 10.0. The first-order valence-corrected chi connectivity index (χ1v) is 5.94. The highest BCUT2D eigenvalue weighted by Crippen LogP contribution is 2.21. The van der Waals surface area contributed by atoms with E-state index in [9.17, 15) is 9.90 Å². The summed E-state index contributed by atoms with van der Waals surface area (Å²) < 4.78 is 1.95. The van der Waals surface area contributed by atoms with Gasteiger partial charge in [-0.25, -0.2) is 4.98 Å². The van der Waals surface area contributed by atoms with Gasteiger partial charge in [0.15, 0.2) is 0 Å². The van der Waals surface area contributed by atoms with Crippen molar-refractivity contribution in [2.24, 2.45) is 0 Å². The summed E-state index contributed by atoms with van der Waals surface area (Å²) in [6.07, 6.45) is 7.15. The van der Waals surface area contributed by atoms with E-state index in [1.54, 1.807) is 6.20 Å². The zero-order valence-electron chi connectivity index (χ0n) is 10.0. The third-order valence-corrected chi connectivity index (χ3v) is 2.67. The second-order valence-corrected chi connectivity index (χ2v) is 4.01. The first kappa shape index (κ1) is 12.7. The standard InChI is InChI=1S/C12H20N2O2/c1-3-5-6-10(12(15)16)11-13-7-9-14(11)8-4-2/h7,9-10H,3-6,8H2,1-2H3,(H,15,16). The highest BCUT2D eigenvalue weighted by molar-refractivity contribution is 5.74. The molecule has 0 amide bonds.